The number of hydrogen-bond donors (Lipinski definition) is 1. The van der Waals surface area contributed by atoms with Crippen molar-refractivity contribution in [3.05, 3.63) is 62.0 Å². The molecule has 0 aliphatic heterocycles. The zero-order chi connectivity index (χ0) is 18.0. The summed E-state index contributed by atoms with van der Waals surface area (Å²) in [7, 11) is 1.50. The van der Waals surface area contributed by atoms with Gasteiger partial charge in [0.05, 0.1) is 12.7 Å². The number of benzene rings is 1. The predicted octanol–water partition coefficient (Wildman–Crippen LogP) is 2.70. The van der Waals surface area contributed by atoms with Crippen LogP contribution < -0.4 is 15.6 Å². The summed E-state index contributed by atoms with van der Waals surface area (Å²) in [6.07, 6.45) is 0.513. The minimum absolute atomic E-state index is 0.110. The van der Waals surface area contributed by atoms with Gasteiger partial charge >= 0.3 is 0 Å². The van der Waals surface area contributed by atoms with Gasteiger partial charge in [-0.2, -0.15) is 0 Å². The molecule has 6 nitrogen and oxygen atoms in total. The highest BCUT2D eigenvalue weighted by Gasteiger charge is 2.13. The third kappa shape index (κ3) is 3.67. The van der Waals surface area contributed by atoms with Crippen LogP contribution in [0.2, 0.25) is 5.02 Å². The van der Waals surface area contributed by atoms with Crippen LogP contribution in [0.15, 0.2) is 34.4 Å². The highest BCUT2D eigenvalue weighted by molar-refractivity contribution is 7.15. The number of nitrogens with one attached hydrogen (secondary N) is 1. The number of rotatable bonds is 5. The molecule has 0 bridgehead atoms. The van der Waals surface area contributed by atoms with E-state index in [9.17, 15) is 9.59 Å². The van der Waals surface area contributed by atoms with E-state index < -0.39 is 0 Å². The second kappa shape index (κ2) is 7.25. The lowest BCUT2D eigenvalue weighted by Crippen LogP contribution is -2.27. The van der Waals surface area contributed by atoms with Crippen molar-refractivity contribution in [1.82, 2.24) is 14.7 Å². The number of halogens is 1. The van der Waals surface area contributed by atoms with Gasteiger partial charge in [0.2, 0.25) is 0 Å². The number of carbonyl (C=O) groups is 1. The third-order valence-corrected chi connectivity index (χ3v) is 4.79. The maximum absolute atomic E-state index is 12.4. The molecule has 8 heteroatoms. The molecule has 0 radical (unpaired) electrons. The molecular weight excluding hydrogens is 362 g/mol. The molecule has 0 saturated carbocycles. The average molecular weight is 378 g/mol. The number of hydrogen-bond acceptors (Lipinski definition) is 5. The number of nitrogens with zero attached hydrogens (tertiary/aromatic N) is 2. The standard InChI is InChI=1S/C17H16ClN3O3S/c1-10-7-15(22)21-12(9-25-17(21)20-10)5-6-19-16(23)13-8-11(18)3-4-14(13)24-2/h3-4,7-9H,5-6H2,1-2H3,(H,19,23). The second-order valence-electron chi connectivity index (χ2n) is 5.43. The van der Waals surface area contributed by atoms with Gasteiger partial charge in [-0.15, -0.1) is 11.3 Å². The summed E-state index contributed by atoms with van der Waals surface area (Å²) in [5.74, 6) is 0.180. The monoisotopic (exact) mass is 377 g/mol. The van der Waals surface area contributed by atoms with Gasteiger partial charge in [0, 0.05) is 40.8 Å². The van der Waals surface area contributed by atoms with Gasteiger partial charge in [-0.25, -0.2) is 4.98 Å². The van der Waals surface area contributed by atoms with Crippen LogP contribution in [-0.4, -0.2) is 28.9 Å². The summed E-state index contributed by atoms with van der Waals surface area (Å²) >= 11 is 7.36. The Morgan fingerprint density at radius 2 is 2.20 bits per heavy atom. The number of thiazole rings is 1. The highest BCUT2D eigenvalue weighted by Crippen LogP contribution is 2.22. The molecule has 2 heterocycles. The smallest absolute Gasteiger partial charge is 0.258 e. The fourth-order valence-electron chi connectivity index (χ4n) is 2.52. The van der Waals surface area contributed by atoms with E-state index >= 15 is 0 Å². The molecule has 0 aliphatic rings. The molecule has 0 fully saturated rings. The number of methoxy groups -OCH3 is 1. The first-order valence-corrected chi connectivity index (χ1v) is 8.84. The molecule has 130 valence electrons. The van der Waals surface area contributed by atoms with Crippen molar-refractivity contribution in [2.75, 3.05) is 13.7 Å². The van der Waals surface area contributed by atoms with E-state index in [1.54, 1.807) is 29.5 Å². The summed E-state index contributed by atoms with van der Waals surface area (Å²) in [4.78, 5) is 29.5. The molecule has 1 N–H and O–H groups in total. The Balaban J connectivity index is 1.72. The minimum atomic E-state index is -0.278. The van der Waals surface area contributed by atoms with Crippen molar-refractivity contribution in [1.29, 1.82) is 0 Å². The van der Waals surface area contributed by atoms with Crippen LogP contribution in [0.1, 0.15) is 21.7 Å². The van der Waals surface area contributed by atoms with E-state index in [0.717, 1.165) is 5.69 Å². The minimum Gasteiger partial charge on any atom is -0.496 e. The number of aryl methyl sites for hydroxylation is 1. The maximum Gasteiger partial charge on any atom is 0.258 e. The Hall–Kier alpha value is -2.38. The molecule has 3 aromatic rings. The van der Waals surface area contributed by atoms with Gasteiger partial charge in [-0.3, -0.25) is 14.0 Å². The molecule has 1 aromatic carbocycles. The van der Waals surface area contributed by atoms with Gasteiger partial charge < -0.3 is 10.1 Å². The molecule has 0 unspecified atom stereocenters. The number of amides is 1. The lowest BCUT2D eigenvalue weighted by molar-refractivity contribution is 0.0951. The van der Waals surface area contributed by atoms with Crippen molar-refractivity contribution in [3.63, 3.8) is 0 Å². The van der Waals surface area contributed by atoms with E-state index in [-0.39, 0.29) is 11.5 Å². The van der Waals surface area contributed by atoms with Crippen LogP contribution in [-0.2, 0) is 6.42 Å². The summed E-state index contributed by atoms with van der Waals surface area (Å²) in [6, 6.07) is 6.37. The second-order valence-corrected chi connectivity index (χ2v) is 6.70. The van der Waals surface area contributed by atoms with Crippen molar-refractivity contribution < 1.29 is 9.53 Å². The van der Waals surface area contributed by atoms with Gasteiger partial charge in [-0.05, 0) is 25.1 Å². The first-order chi connectivity index (χ1) is 12.0. The molecule has 2 aromatic heterocycles. The fraction of sp³-hybridized carbons (Fsp3) is 0.235. The lowest BCUT2D eigenvalue weighted by Gasteiger charge is -2.09. The van der Waals surface area contributed by atoms with Gasteiger partial charge in [0.15, 0.2) is 4.96 Å². The molecule has 0 atom stereocenters. The Morgan fingerprint density at radius 3 is 2.96 bits per heavy atom. The van der Waals surface area contributed by atoms with Crippen molar-refractivity contribution in [3.8, 4) is 5.75 Å². The van der Waals surface area contributed by atoms with Crippen molar-refractivity contribution in [2.24, 2.45) is 0 Å². The van der Waals surface area contributed by atoms with Crippen LogP contribution in [0, 0.1) is 6.92 Å². The summed E-state index contributed by atoms with van der Waals surface area (Å²) in [6.45, 7) is 2.17. The zero-order valence-electron chi connectivity index (χ0n) is 13.7. The van der Waals surface area contributed by atoms with Gasteiger partial charge in [-0.1, -0.05) is 11.6 Å². The van der Waals surface area contributed by atoms with E-state index in [1.807, 2.05) is 5.38 Å². The predicted molar refractivity (Wildman–Crippen MR) is 98.1 cm³/mol. The Labute approximate surface area is 153 Å². The van der Waals surface area contributed by atoms with Crippen LogP contribution in [0.25, 0.3) is 4.96 Å². The molecule has 3 rings (SSSR count). The molecule has 25 heavy (non-hydrogen) atoms. The van der Waals surface area contributed by atoms with Crippen LogP contribution in [0.4, 0.5) is 0 Å². The Bertz CT molecular complexity index is 996. The van der Waals surface area contributed by atoms with E-state index in [2.05, 4.69) is 10.3 Å². The number of carbonyl (C=O) groups excluding carboxylic acids is 1. The van der Waals surface area contributed by atoms with Crippen molar-refractivity contribution in [2.45, 2.75) is 13.3 Å². The lowest BCUT2D eigenvalue weighted by atomic mass is 10.2. The van der Waals surface area contributed by atoms with E-state index in [1.165, 1.54) is 24.5 Å². The summed E-state index contributed by atoms with van der Waals surface area (Å²) < 4.78 is 6.76. The first kappa shape index (κ1) is 17.4. The highest BCUT2D eigenvalue weighted by atomic mass is 35.5. The molecule has 0 saturated heterocycles. The first-order valence-electron chi connectivity index (χ1n) is 7.58. The van der Waals surface area contributed by atoms with Crippen LogP contribution >= 0.6 is 22.9 Å². The maximum atomic E-state index is 12.4. The average Bonchev–Trinajstić information content (AvgIpc) is 2.97. The molecule has 0 aliphatic carbocycles. The van der Waals surface area contributed by atoms with E-state index in [0.29, 0.717) is 40.0 Å². The number of aromatic nitrogens is 2. The third-order valence-electron chi connectivity index (χ3n) is 3.68. The zero-order valence-corrected chi connectivity index (χ0v) is 15.3. The topological polar surface area (TPSA) is 72.7 Å². The van der Waals surface area contributed by atoms with Gasteiger partial charge in [0.1, 0.15) is 5.75 Å². The van der Waals surface area contributed by atoms with E-state index in [4.69, 9.17) is 16.3 Å². The largest absolute Gasteiger partial charge is 0.496 e. The normalized spacial score (nSPS) is 10.8. The van der Waals surface area contributed by atoms with Gasteiger partial charge in [0.25, 0.3) is 11.5 Å². The number of fused-ring (bicyclic) bond motifs is 1. The summed E-state index contributed by atoms with van der Waals surface area (Å²) in [5.41, 5.74) is 1.77. The molecule has 0 spiro atoms. The van der Waals surface area contributed by atoms with Crippen LogP contribution in [0.3, 0.4) is 0 Å². The molecular formula is C17H16ClN3O3S. The Morgan fingerprint density at radius 1 is 1.40 bits per heavy atom. The fourth-order valence-corrected chi connectivity index (χ4v) is 3.66. The Kier molecular flexibility index (Phi) is 5.06. The SMILES string of the molecule is COc1ccc(Cl)cc1C(=O)NCCc1csc2nc(C)cc(=O)n12. The summed E-state index contributed by atoms with van der Waals surface area (Å²) in [5, 5.41) is 5.17. The van der Waals surface area contributed by atoms with Crippen molar-refractivity contribution >= 4 is 33.8 Å². The van der Waals surface area contributed by atoms with Crippen LogP contribution in [0.5, 0.6) is 5.75 Å². The molecule has 1 amide bonds. The number of ether oxygens (including phenoxy) is 1. The quantitative estimate of drug-likeness (QED) is 0.742.